The molecule has 0 saturated carbocycles. The van der Waals surface area contributed by atoms with E-state index in [-0.39, 0.29) is 18.4 Å². The van der Waals surface area contributed by atoms with Gasteiger partial charge in [0.2, 0.25) is 5.91 Å². The first-order valence-corrected chi connectivity index (χ1v) is 8.34. The van der Waals surface area contributed by atoms with Crippen LogP contribution in [0.2, 0.25) is 0 Å². The lowest BCUT2D eigenvalue weighted by Crippen LogP contribution is -2.42. The maximum atomic E-state index is 12.7. The predicted molar refractivity (Wildman–Crippen MR) is 90.9 cm³/mol. The lowest BCUT2D eigenvalue weighted by Gasteiger charge is -2.25. The van der Waals surface area contributed by atoms with Gasteiger partial charge in [0.1, 0.15) is 12.8 Å². The standard InChI is InChI=1S/C17H21N5O3/c23-16(19-15-5-11-25-20-15)13-22(10-9-21-7-1-2-8-21)17(24)14-4-3-6-18-12-14/h3-6,11-12H,1-2,7-10,13H2,(H,19,20,23). The second kappa shape index (κ2) is 8.39. The van der Waals surface area contributed by atoms with Gasteiger partial charge in [-0.15, -0.1) is 0 Å². The van der Waals surface area contributed by atoms with Crippen molar-refractivity contribution in [3.05, 3.63) is 42.4 Å². The van der Waals surface area contributed by atoms with Crippen molar-refractivity contribution in [3.63, 3.8) is 0 Å². The Morgan fingerprint density at radius 3 is 2.80 bits per heavy atom. The summed E-state index contributed by atoms with van der Waals surface area (Å²) in [5.41, 5.74) is 0.471. The number of pyridine rings is 1. The molecule has 25 heavy (non-hydrogen) atoms. The highest BCUT2D eigenvalue weighted by molar-refractivity contribution is 5.98. The van der Waals surface area contributed by atoms with Crippen molar-refractivity contribution < 1.29 is 14.1 Å². The van der Waals surface area contributed by atoms with Gasteiger partial charge in [-0.1, -0.05) is 5.16 Å². The molecule has 0 unspecified atom stereocenters. The fourth-order valence-electron chi connectivity index (χ4n) is 2.83. The molecule has 1 aliphatic rings. The van der Waals surface area contributed by atoms with Crippen LogP contribution in [0.4, 0.5) is 5.82 Å². The van der Waals surface area contributed by atoms with E-state index >= 15 is 0 Å². The Morgan fingerprint density at radius 1 is 1.28 bits per heavy atom. The Morgan fingerprint density at radius 2 is 2.12 bits per heavy atom. The van der Waals surface area contributed by atoms with Gasteiger partial charge >= 0.3 is 0 Å². The van der Waals surface area contributed by atoms with Crippen molar-refractivity contribution >= 4 is 17.6 Å². The molecule has 1 N–H and O–H groups in total. The quantitative estimate of drug-likeness (QED) is 0.813. The van der Waals surface area contributed by atoms with Crippen LogP contribution >= 0.6 is 0 Å². The van der Waals surface area contributed by atoms with E-state index in [2.05, 4.69) is 20.4 Å². The first kappa shape index (κ1) is 17.1. The predicted octanol–water partition coefficient (Wildman–Crippen LogP) is 1.25. The minimum atomic E-state index is -0.312. The summed E-state index contributed by atoms with van der Waals surface area (Å²) < 4.78 is 4.69. The number of nitrogens with zero attached hydrogens (tertiary/aromatic N) is 4. The Hall–Kier alpha value is -2.74. The number of carbonyl (C=O) groups excluding carboxylic acids is 2. The summed E-state index contributed by atoms with van der Waals surface area (Å²) in [6.45, 7) is 3.28. The molecule has 8 heteroatoms. The van der Waals surface area contributed by atoms with Crippen molar-refractivity contribution in [2.24, 2.45) is 0 Å². The monoisotopic (exact) mass is 343 g/mol. The van der Waals surface area contributed by atoms with Gasteiger partial charge in [0, 0.05) is 31.5 Å². The average Bonchev–Trinajstić information content (AvgIpc) is 3.32. The Labute approximate surface area is 145 Å². The van der Waals surface area contributed by atoms with E-state index in [0.717, 1.165) is 19.6 Å². The fraction of sp³-hybridized carbons (Fsp3) is 0.412. The largest absolute Gasteiger partial charge is 0.363 e. The molecule has 8 nitrogen and oxygen atoms in total. The van der Waals surface area contributed by atoms with Crippen molar-refractivity contribution in [1.29, 1.82) is 0 Å². The molecule has 0 atom stereocenters. The van der Waals surface area contributed by atoms with E-state index in [4.69, 9.17) is 4.52 Å². The molecule has 0 spiro atoms. The van der Waals surface area contributed by atoms with Crippen LogP contribution in [-0.4, -0.2) is 64.5 Å². The number of rotatable bonds is 7. The Balaban J connectivity index is 1.64. The van der Waals surface area contributed by atoms with E-state index in [1.165, 1.54) is 25.3 Å². The molecular formula is C17H21N5O3. The van der Waals surface area contributed by atoms with Crippen molar-refractivity contribution in [1.82, 2.24) is 19.9 Å². The summed E-state index contributed by atoms with van der Waals surface area (Å²) in [6.07, 6.45) is 6.87. The van der Waals surface area contributed by atoms with E-state index in [0.29, 0.717) is 17.9 Å². The van der Waals surface area contributed by atoms with Crippen LogP contribution in [0.15, 0.2) is 41.4 Å². The normalized spacial score (nSPS) is 14.4. The molecular weight excluding hydrogens is 322 g/mol. The summed E-state index contributed by atoms with van der Waals surface area (Å²) in [5, 5.41) is 6.27. The number of anilines is 1. The number of aromatic nitrogens is 2. The number of hydrogen-bond donors (Lipinski definition) is 1. The van der Waals surface area contributed by atoms with Gasteiger partial charge < -0.3 is 19.6 Å². The van der Waals surface area contributed by atoms with Crippen LogP contribution in [0, 0.1) is 0 Å². The number of amides is 2. The number of hydrogen-bond acceptors (Lipinski definition) is 6. The van der Waals surface area contributed by atoms with Crippen molar-refractivity contribution in [2.75, 3.05) is 38.0 Å². The summed E-state index contributed by atoms with van der Waals surface area (Å²) >= 11 is 0. The van der Waals surface area contributed by atoms with Gasteiger partial charge in [0.25, 0.3) is 5.91 Å². The lowest BCUT2D eigenvalue weighted by atomic mass is 10.2. The van der Waals surface area contributed by atoms with E-state index < -0.39 is 0 Å². The number of carbonyl (C=O) groups is 2. The zero-order valence-electron chi connectivity index (χ0n) is 13.9. The SMILES string of the molecule is O=C(CN(CCN1CCCC1)C(=O)c1cccnc1)Nc1ccon1. The molecule has 2 aromatic rings. The number of likely N-dealkylation sites (tertiary alicyclic amines) is 1. The lowest BCUT2D eigenvalue weighted by molar-refractivity contribution is -0.117. The second-order valence-electron chi connectivity index (χ2n) is 5.95. The molecule has 132 valence electrons. The third-order valence-corrected chi connectivity index (χ3v) is 4.12. The third-order valence-electron chi connectivity index (χ3n) is 4.12. The zero-order valence-corrected chi connectivity index (χ0v) is 13.9. The molecule has 3 heterocycles. The zero-order chi connectivity index (χ0) is 17.5. The van der Waals surface area contributed by atoms with E-state index in [1.807, 2.05) is 0 Å². The summed E-state index contributed by atoms with van der Waals surface area (Å²) in [5.74, 6) is -0.187. The molecule has 1 saturated heterocycles. The second-order valence-corrected chi connectivity index (χ2v) is 5.95. The first-order valence-electron chi connectivity index (χ1n) is 8.34. The van der Waals surface area contributed by atoms with Gasteiger partial charge in [0.15, 0.2) is 5.82 Å². The van der Waals surface area contributed by atoms with Crippen molar-refractivity contribution in [2.45, 2.75) is 12.8 Å². The molecule has 2 aromatic heterocycles. The van der Waals surface area contributed by atoms with Gasteiger partial charge in [-0.3, -0.25) is 14.6 Å². The first-order chi connectivity index (χ1) is 12.2. The van der Waals surface area contributed by atoms with E-state index in [9.17, 15) is 9.59 Å². The smallest absolute Gasteiger partial charge is 0.255 e. The summed E-state index contributed by atoms with van der Waals surface area (Å²) in [7, 11) is 0. The highest BCUT2D eigenvalue weighted by atomic mass is 16.5. The maximum absolute atomic E-state index is 12.7. The third kappa shape index (κ3) is 4.87. The van der Waals surface area contributed by atoms with Crippen molar-refractivity contribution in [3.8, 4) is 0 Å². The van der Waals surface area contributed by atoms with Gasteiger partial charge in [0.05, 0.1) is 5.56 Å². The van der Waals surface area contributed by atoms with Crippen LogP contribution in [0.25, 0.3) is 0 Å². The van der Waals surface area contributed by atoms with Gasteiger partial charge in [-0.2, -0.15) is 0 Å². The summed E-state index contributed by atoms with van der Waals surface area (Å²) in [4.78, 5) is 32.8. The molecule has 0 bridgehead atoms. The average molecular weight is 343 g/mol. The molecule has 1 fully saturated rings. The van der Waals surface area contributed by atoms with Crippen LogP contribution in [-0.2, 0) is 4.79 Å². The van der Waals surface area contributed by atoms with Crippen LogP contribution in [0.1, 0.15) is 23.2 Å². The maximum Gasteiger partial charge on any atom is 0.255 e. The highest BCUT2D eigenvalue weighted by Gasteiger charge is 2.21. The van der Waals surface area contributed by atoms with E-state index in [1.54, 1.807) is 29.3 Å². The fourth-order valence-corrected chi connectivity index (χ4v) is 2.83. The van der Waals surface area contributed by atoms with Crippen LogP contribution in [0.5, 0.6) is 0 Å². The molecule has 0 aromatic carbocycles. The molecule has 0 radical (unpaired) electrons. The van der Waals surface area contributed by atoms with Gasteiger partial charge in [-0.05, 0) is 38.1 Å². The molecule has 1 aliphatic heterocycles. The molecule has 2 amide bonds. The van der Waals surface area contributed by atoms with Gasteiger partial charge in [-0.25, -0.2) is 0 Å². The Bertz CT molecular complexity index is 684. The minimum Gasteiger partial charge on any atom is -0.363 e. The summed E-state index contributed by atoms with van der Waals surface area (Å²) in [6, 6.07) is 4.96. The topological polar surface area (TPSA) is 91.6 Å². The highest BCUT2D eigenvalue weighted by Crippen LogP contribution is 2.09. The van der Waals surface area contributed by atoms with Crippen LogP contribution in [0.3, 0.4) is 0 Å². The minimum absolute atomic E-state index is 0.0472. The Kier molecular flexibility index (Phi) is 5.73. The molecule has 3 rings (SSSR count). The number of nitrogens with one attached hydrogen (secondary N) is 1. The van der Waals surface area contributed by atoms with Crippen LogP contribution < -0.4 is 5.32 Å². The molecule has 0 aliphatic carbocycles.